The Balaban J connectivity index is 2.31. The molecule has 118 valence electrons. The molecule has 1 fully saturated rings. The van der Waals surface area contributed by atoms with E-state index in [0.717, 1.165) is 31.7 Å². The Hall–Kier alpha value is -0.660. The third-order valence-corrected chi connectivity index (χ3v) is 6.82. The summed E-state index contributed by atoms with van der Waals surface area (Å²) >= 11 is 3.09. The number of hydrogen-bond acceptors (Lipinski definition) is 3. The third-order valence-electron chi connectivity index (χ3n) is 4.21. The normalized spacial score (nSPS) is 23.5. The van der Waals surface area contributed by atoms with Gasteiger partial charge in [0.2, 0.25) is 10.0 Å². The number of halogens is 2. The van der Waals surface area contributed by atoms with Crippen molar-refractivity contribution in [1.82, 2.24) is 4.31 Å². The van der Waals surface area contributed by atoms with Crippen molar-refractivity contribution in [3.8, 4) is 0 Å². The second-order valence-corrected chi connectivity index (χ2v) is 8.56. The summed E-state index contributed by atoms with van der Waals surface area (Å²) in [7, 11) is -2.35. The minimum atomic E-state index is -3.87. The zero-order chi connectivity index (χ0) is 15.8. The topological polar surface area (TPSA) is 63.4 Å². The first-order valence-corrected chi connectivity index (χ1v) is 9.19. The van der Waals surface area contributed by atoms with E-state index in [4.69, 9.17) is 5.73 Å². The van der Waals surface area contributed by atoms with Crippen molar-refractivity contribution >= 4 is 31.6 Å². The van der Waals surface area contributed by atoms with Gasteiger partial charge in [0.1, 0.15) is 10.7 Å². The lowest BCUT2D eigenvalue weighted by Crippen LogP contribution is -2.39. The number of sulfonamides is 1. The first-order chi connectivity index (χ1) is 9.73. The summed E-state index contributed by atoms with van der Waals surface area (Å²) in [5.41, 5.74) is 5.90. The van der Waals surface area contributed by atoms with Crippen LogP contribution in [0.15, 0.2) is 21.5 Å². The molecular weight excluding hydrogens is 359 g/mol. The monoisotopic (exact) mass is 378 g/mol. The van der Waals surface area contributed by atoms with Crippen molar-refractivity contribution in [3.05, 3.63) is 22.4 Å². The van der Waals surface area contributed by atoms with E-state index in [1.54, 1.807) is 0 Å². The third kappa shape index (κ3) is 3.40. The Labute approximate surface area is 133 Å². The van der Waals surface area contributed by atoms with Gasteiger partial charge in [-0.1, -0.05) is 6.92 Å². The van der Waals surface area contributed by atoms with Crippen molar-refractivity contribution in [2.45, 2.75) is 43.5 Å². The molecule has 0 unspecified atom stereocenters. The highest BCUT2D eigenvalue weighted by Crippen LogP contribution is 2.32. The largest absolute Gasteiger partial charge is 0.398 e. The van der Waals surface area contributed by atoms with E-state index in [2.05, 4.69) is 22.9 Å². The van der Waals surface area contributed by atoms with Crippen LogP contribution in [0.4, 0.5) is 10.1 Å². The van der Waals surface area contributed by atoms with Crippen molar-refractivity contribution < 1.29 is 12.8 Å². The molecular formula is C14H20BrFN2O2S. The summed E-state index contributed by atoms with van der Waals surface area (Å²) < 4.78 is 40.9. The lowest BCUT2D eigenvalue weighted by molar-refractivity contribution is 0.245. The number of benzene rings is 1. The maximum atomic E-state index is 14.0. The number of rotatable bonds is 3. The highest BCUT2D eigenvalue weighted by Gasteiger charge is 2.32. The van der Waals surface area contributed by atoms with Crippen LogP contribution in [-0.2, 0) is 10.0 Å². The fourth-order valence-electron chi connectivity index (χ4n) is 2.70. The van der Waals surface area contributed by atoms with Crippen LogP contribution in [-0.4, -0.2) is 25.8 Å². The first-order valence-electron chi connectivity index (χ1n) is 6.96. The molecule has 2 rings (SSSR count). The van der Waals surface area contributed by atoms with Crippen LogP contribution in [0.5, 0.6) is 0 Å². The summed E-state index contributed by atoms with van der Waals surface area (Å²) in [5.74, 6) is -0.162. The minimum absolute atomic E-state index is 0.0736. The summed E-state index contributed by atoms with van der Waals surface area (Å²) in [6, 6.07) is 2.20. The van der Waals surface area contributed by atoms with Crippen molar-refractivity contribution in [2.24, 2.45) is 5.92 Å². The van der Waals surface area contributed by atoms with E-state index in [1.165, 1.54) is 17.4 Å². The Morgan fingerprint density at radius 1 is 1.29 bits per heavy atom. The fourth-order valence-corrected chi connectivity index (χ4v) is 4.51. The molecule has 4 nitrogen and oxygen atoms in total. The van der Waals surface area contributed by atoms with Gasteiger partial charge >= 0.3 is 0 Å². The van der Waals surface area contributed by atoms with Crippen LogP contribution in [0, 0.1) is 11.7 Å². The molecule has 0 saturated heterocycles. The Bertz CT molecular complexity index is 628. The molecule has 7 heteroatoms. The van der Waals surface area contributed by atoms with Crippen LogP contribution in [0.1, 0.15) is 32.6 Å². The van der Waals surface area contributed by atoms with Crippen molar-refractivity contribution in [1.29, 1.82) is 0 Å². The van der Waals surface area contributed by atoms with Crippen LogP contribution in [0.25, 0.3) is 0 Å². The summed E-state index contributed by atoms with van der Waals surface area (Å²) in [6.45, 7) is 2.17. The quantitative estimate of drug-likeness (QED) is 0.819. The Morgan fingerprint density at radius 2 is 1.86 bits per heavy atom. The zero-order valence-electron chi connectivity index (χ0n) is 12.1. The van der Waals surface area contributed by atoms with Crippen LogP contribution < -0.4 is 5.73 Å². The highest BCUT2D eigenvalue weighted by molar-refractivity contribution is 9.10. The molecule has 1 aromatic rings. The van der Waals surface area contributed by atoms with E-state index < -0.39 is 15.8 Å². The molecule has 1 aromatic carbocycles. The number of nitrogen functional groups attached to an aromatic ring is 1. The SMILES string of the molecule is CC1CCC(N(C)S(=O)(=O)c2cc(N)c(Br)cc2F)CC1. The molecule has 0 radical (unpaired) electrons. The van der Waals surface area contributed by atoms with E-state index in [0.29, 0.717) is 10.4 Å². The second-order valence-electron chi connectivity index (χ2n) is 5.74. The lowest BCUT2D eigenvalue weighted by Gasteiger charge is -2.32. The van der Waals surface area contributed by atoms with Gasteiger partial charge < -0.3 is 5.73 Å². The Kier molecular flexibility index (Phi) is 4.95. The van der Waals surface area contributed by atoms with E-state index >= 15 is 0 Å². The summed E-state index contributed by atoms with van der Waals surface area (Å²) in [6.07, 6.45) is 3.61. The molecule has 0 heterocycles. The van der Waals surface area contributed by atoms with E-state index in [1.807, 2.05) is 0 Å². The first kappa shape index (κ1) is 16.7. The van der Waals surface area contributed by atoms with Gasteiger partial charge in [-0.3, -0.25) is 0 Å². The van der Waals surface area contributed by atoms with Gasteiger partial charge in [-0.05, 0) is 59.7 Å². The summed E-state index contributed by atoms with van der Waals surface area (Å²) in [5, 5.41) is 0. The van der Waals surface area contributed by atoms with Gasteiger partial charge in [0, 0.05) is 23.2 Å². The molecule has 0 atom stereocenters. The molecule has 1 aliphatic rings. The average Bonchev–Trinajstić information content (AvgIpc) is 2.42. The number of hydrogen-bond donors (Lipinski definition) is 1. The van der Waals surface area contributed by atoms with Crippen LogP contribution >= 0.6 is 15.9 Å². The maximum Gasteiger partial charge on any atom is 0.246 e. The average molecular weight is 379 g/mol. The molecule has 0 aliphatic heterocycles. The van der Waals surface area contributed by atoms with Gasteiger partial charge in [-0.15, -0.1) is 0 Å². The van der Waals surface area contributed by atoms with Crippen LogP contribution in [0.3, 0.4) is 0 Å². The van der Waals surface area contributed by atoms with Gasteiger partial charge in [0.15, 0.2) is 0 Å². The molecule has 0 aromatic heterocycles. The maximum absolute atomic E-state index is 14.0. The molecule has 0 amide bonds. The zero-order valence-corrected chi connectivity index (χ0v) is 14.5. The smallest absolute Gasteiger partial charge is 0.246 e. The molecule has 0 bridgehead atoms. The minimum Gasteiger partial charge on any atom is -0.398 e. The predicted molar refractivity (Wildman–Crippen MR) is 84.9 cm³/mol. The molecule has 1 saturated carbocycles. The van der Waals surface area contributed by atoms with Crippen molar-refractivity contribution in [2.75, 3.05) is 12.8 Å². The standard InChI is InChI=1S/C14H20BrFN2O2S/c1-9-3-5-10(6-4-9)18(2)21(19,20)14-8-13(17)11(15)7-12(14)16/h7-10H,3-6,17H2,1-2H3. The van der Waals surface area contributed by atoms with Gasteiger partial charge in [0.25, 0.3) is 0 Å². The molecule has 2 N–H and O–H groups in total. The highest BCUT2D eigenvalue weighted by atomic mass is 79.9. The van der Waals surface area contributed by atoms with Gasteiger partial charge in [0.05, 0.1) is 0 Å². The number of anilines is 1. The second kappa shape index (κ2) is 6.22. The van der Waals surface area contributed by atoms with Gasteiger partial charge in [-0.2, -0.15) is 4.31 Å². The lowest BCUT2D eigenvalue weighted by atomic mass is 9.87. The van der Waals surface area contributed by atoms with E-state index in [-0.39, 0.29) is 16.6 Å². The fraction of sp³-hybridized carbons (Fsp3) is 0.571. The molecule has 21 heavy (non-hydrogen) atoms. The molecule has 1 aliphatic carbocycles. The van der Waals surface area contributed by atoms with Crippen molar-refractivity contribution in [3.63, 3.8) is 0 Å². The molecule has 0 spiro atoms. The van der Waals surface area contributed by atoms with Crippen LogP contribution in [0.2, 0.25) is 0 Å². The predicted octanol–water partition coefficient (Wildman–Crippen LogP) is 3.37. The Morgan fingerprint density at radius 3 is 2.43 bits per heavy atom. The number of nitrogens with zero attached hydrogens (tertiary/aromatic N) is 1. The van der Waals surface area contributed by atoms with E-state index in [9.17, 15) is 12.8 Å². The summed E-state index contributed by atoms with van der Waals surface area (Å²) in [4.78, 5) is -0.357. The van der Waals surface area contributed by atoms with Gasteiger partial charge in [-0.25, -0.2) is 12.8 Å². The number of nitrogens with two attached hydrogens (primary N) is 1.